The monoisotopic (exact) mass is 398 g/mol. The van der Waals surface area contributed by atoms with Gasteiger partial charge < -0.3 is 15.4 Å². The average molecular weight is 399 g/mol. The smallest absolute Gasteiger partial charge is 0.249 e. The lowest BCUT2D eigenvalue weighted by Gasteiger charge is -2.11. The summed E-state index contributed by atoms with van der Waals surface area (Å²) in [5.41, 5.74) is 9.36. The summed E-state index contributed by atoms with van der Waals surface area (Å²) >= 11 is 12.8. The van der Waals surface area contributed by atoms with E-state index >= 15 is 0 Å². The second kappa shape index (κ2) is 6.89. The maximum Gasteiger partial charge on any atom is 0.249 e. The first kappa shape index (κ1) is 17.9. The number of aliphatic hydroxyl groups excluding tert-OH is 1. The second-order valence-corrected chi connectivity index (χ2v) is 7.17. The van der Waals surface area contributed by atoms with Crippen LogP contribution in [0.3, 0.4) is 0 Å². The van der Waals surface area contributed by atoms with Crippen molar-refractivity contribution in [3.8, 4) is 0 Å². The molecule has 0 unspecified atom stereocenters. The first-order valence-electron chi connectivity index (χ1n) is 8.38. The molecule has 1 amide bonds. The van der Waals surface area contributed by atoms with E-state index in [9.17, 15) is 9.90 Å². The van der Waals surface area contributed by atoms with Crippen molar-refractivity contribution in [1.29, 1.82) is 0 Å². The predicted octanol–water partition coefficient (Wildman–Crippen LogP) is 4.74. The van der Waals surface area contributed by atoms with Gasteiger partial charge >= 0.3 is 0 Å². The highest BCUT2D eigenvalue weighted by Gasteiger charge is 2.18. The zero-order valence-corrected chi connectivity index (χ0v) is 15.8. The Labute approximate surface area is 165 Å². The minimum atomic E-state index is -0.485. The lowest BCUT2D eigenvalue weighted by atomic mass is 10.0. The van der Waals surface area contributed by atoms with Crippen LogP contribution in [-0.4, -0.2) is 15.6 Å². The van der Waals surface area contributed by atoms with Gasteiger partial charge in [-0.3, -0.25) is 4.79 Å². The summed E-state index contributed by atoms with van der Waals surface area (Å²) in [5, 5.41) is 12.4. The van der Waals surface area contributed by atoms with Gasteiger partial charge in [0.15, 0.2) is 0 Å². The number of rotatable bonds is 4. The molecule has 4 nitrogen and oxygen atoms in total. The standard InChI is InChI=1S/C21H16Cl2N2O2/c22-16-4-2-5-17(23)15(16)10-25-18-6-1-3-14(21(24)27)20(18)13-8-7-12(11-26)9-19(13)25/h1-9,26H,10-11H2,(H2,24,27). The Kier molecular flexibility index (Phi) is 4.56. The van der Waals surface area contributed by atoms with Crippen LogP contribution in [-0.2, 0) is 13.2 Å². The fourth-order valence-electron chi connectivity index (χ4n) is 3.51. The van der Waals surface area contributed by atoms with Crippen LogP contribution in [0.25, 0.3) is 21.8 Å². The number of benzene rings is 3. The van der Waals surface area contributed by atoms with Gasteiger partial charge in [0.2, 0.25) is 5.91 Å². The van der Waals surface area contributed by atoms with Crippen molar-refractivity contribution in [2.75, 3.05) is 0 Å². The fraction of sp³-hybridized carbons (Fsp3) is 0.0952. The summed E-state index contributed by atoms with van der Waals surface area (Å²) in [7, 11) is 0. The molecule has 0 aliphatic rings. The molecule has 6 heteroatoms. The Balaban J connectivity index is 2.08. The summed E-state index contributed by atoms with van der Waals surface area (Å²) in [6.45, 7) is 0.350. The number of halogens is 2. The Morgan fingerprint density at radius 3 is 2.37 bits per heavy atom. The van der Waals surface area contributed by atoms with Crippen LogP contribution in [0.4, 0.5) is 0 Å². The van der Waals surface area contributed by atoms with E-state index in [1.807, 2.05) is 28.8 Å². The number of aliphatic hydroxyl groups is 1. The fourth-order valence-corrected chi connectivity index (χ4v) is 4.02. The van der Waals surface area contributed by atoms with E-state index in [4.69, 9.17) is 28.9 Å². The first-order chi connectivity index (χ1) is 13.0. The SMILES string of the molecule is NC(=O)c1cccc2c1c1ccc(CO)cc1n2Cc1c(Cl)cccc1Cl. The molecule has 3 N–H and O–H groups in total. The summed E-state index contributed by atoms with van der Waals surface area (Å²) in [4.78, 5) is 12.0. The number of nitrogens with two attached hydrogens (primary N) is 1. The third-order valence-corrected chi connectivity index (χ3v) is 5.49. The number of carbonyl (C=O) groups is 1. The van der Waals surface area contributed by atoms with E-state index < -0.39 is 5.91 Å². The average Bonchev–Trinajstić information content (AvgIpc) is 2.97. The third kappa shape index (κ3) is 2.96. The number of fused-ring (bicyclic) bond motifs is 3. The van der Waals surface area contributed by atoms with Crippen molar-refractivity contribution in [2.45, 2.75) is 13.2 Å². The summed E-state index contributed by atoms with van der Waals surface area (Å²) < 4.78 is 2.04. The van der Waals surface area contributed by atoms with Crippen molar-refractivity contribution < 1.29 is 9.90 Å². The van der Waals surface area contributed by atoms with Gasteiger partial charge in [0, 0.05) is 37.5 Å². The van der Waals surface area contributed by atoms with Gasteiger partial charge in [-0.05, 0) is 35.9 Å². The number of hydrogen-bond acceptors (Lipinski definition) is 2. The van der Waals surface area contributed by atoms with Gasteiger partial charge in [-0.1, -0.05) is 47.5 Å². The Morgan fingerprint density at radius 2 is 1.70 bits per heavy atom. The van der Waals surface area contributed by atoms with Gasteiger partial charge in [0.1, 0.15) is 0 Å². The lowest BCUT2D eigenvalue weighted by Crippen LogP contribution is -2.11. The molecular formula is C21H16Cl2N2O2. The number of nitrogens with zero attached hydrogens (tertiary/aromatic N) is 1. The van der Waals surface area contributed by atoms with Crippen molar-refractivity contribution in [3.05, 3.63) is 81.3 Å². The quantitative estimate of drug-likeness (QED) is 0.521. The highest BCUT2D eigenvalue weighted by molar-refractivity contribution is 6.36. The number of carbonyl (C=O) groups excluding carboxylic acids is 1. The Morgan fingerprint density at radius 1 is 1.00 bits per heavy atom. The van der Waals surface area contributed by atoms with Gasteiger partial charge in [0.25, 0.3) is 0 Å². The van der Waals surface area contributed by atoms with Crippen molar-refractivity contribution >= 4 is 50.9 Å². The molecule has 3 aromatic carbocycles. The highest BCUT2D eigenvalue weighted by atomic mass is 35.5. The molecule has 4 aromatic rings. The first-order valence-corrected chi connectivity index (χ1v) is 9.14. The van der Waals surface area contributed by atoms with E-state index in [1.54, 1.807) is 30.3 Å². The molecule has 136 valence electrons. The maximum absolute atomic E-state index is 12.0. The van der Waals surface area contributed by atoms with Crippen LogP contribution >= 0.6 is 23.2 Å². The Bertz CT molecular complexity index is 1180. The van der Waals surface area contributed by atoms with Crippen molar-refractivity contribution in [3.63, 3.8) is 0 Å². The molecule has 0 aliphatic heterocycles. The van der Waals surface area contributed by atoms with Crippen molar-refractivity contribution in [2.24, 2.45) is 5.73 Å². The Hall–Kier alpha value is -2.53. The lowest BCUT2D eigenvalue weighted by molar-refractivity contribution is 0.100. The third-order valence-electron chi connectivity index (χ3n) is 4.78. The van der Waals surface area contributed by atoms with Gasteiger partial charge in [0.05, 0.1) is 18.7 Å². The number of amides is 1. The predicted molar refractivity (Wildman–Crippen MR) is 109 cm³/mol. The number of hydrogen-bond donors (Lipinski definition) is 2. The topological polar surface area (TPSA) is 68.2 Å². The normalized spacial score (nSPS) is 11.4. The van der Waals surface area contributed by atoms with Gasteiger partial charge in [-0.2, -0.15) is 0 Å². The van der Waals surface area contributed by atoms with Gasteiger partial charge in [-0.25, -0.2) is 0 Å². The molecule has 0 atom stereocenters. The summed E-state index contributed by atoms with van der Waals surface area (Å²) in [6, 6.07) is 16.5. The second-order valence-electron chi connectivity index (χ2n) is 6.36. The van der Waals surface area contributed by atoms with Crippen LogP contribution < -0.4 is 5.73 Å². The van der Waals surface area contributed by atoms with E-state index in [-0.39, 0.29) is 6.61 Å². The molecule has 0 spiro atoms. The van der Waals surface area contributed by atoms with E-state index in [0.29, 0.717) is 22.2 Å². The van der Waals surface area contributed by atoms with E-state index in [2.05, 4.69) is 0 Å². The number of aromatic nitrogens is 1. The largest absolute Gasteiger partial charge is 0.392 e. The van der Waals surface area contributed by atoms with E-state index in [1.165, 1.54) is 0 Å². The molecule has 4 rings (SSSR count). The zero-order chi connectivity index (χ0) is 19.1. The number of primary amides is 1. The maximum atomic E-state index is 12.0. The molecule has 0 radical (unpaired) electrons. The molecule has 1 aromatic heterocycles. The van der Waals surface area contributed by atoms with Crippen LogP contribution in [0, 0.1) is 0 Å². The molecule has 0 saturated heterocycles. The van der Waals surface area contributed by atoms with Crippen LogP contribution in [0.5, 0.6) is 0 Å². The summed E-state index contributed by atoms with van der Waals surface area (Å²) in [5.74, 6) is -0.485. The van der Waals surface area contributed by atoms with Gasteiger partial charge in [-0.15, -0.1) is 0 Å². The molecule has 0 saturated carbocycles. The molecule has 1 heterocycles. The van der Waals surface area contributed by atoms with E-state index in [0.717, 1.165) is 32.9 Å². The molecule has 0 fully saturated rings. The minimum absolute atomic E-state index is 0.0764. The highest BCUT2D eigenvalue weighted by Crippen LogP contribution is 2.35. The summed E-state index contributed by atoms with van der Waals surface area (Å²) in [6.07, 6.45) is 0. The molecule has 0 bridgehead atoms. The van der Waals surface area contributed by atoms with Crippen LogP contribution in [0.2, 0.25) is 10.0 Å². The van der Waals surface area contributed by atoms with Crippen LogP contribution in [0.1, 0.15) is 21.5 Å². The minimum Gasteiger partial charge on any atom is -0.392 e. The zero-order valence-electron chi connectivity index (χ0n) is 14.2. The van der Waals surface area contributed by atoms with Crippen LogP contribution in [0.15, 0.2) is 54.6 Å². The van der Waals surface area contributed by atoms with Crippen molar-refractivity contribution in [1.82, 2.24) is 4.57 Å². The molecule has 27 heavy (non-hydrogen) atoms. The molecular weight excluding hydrogens is 383 g/mol. The molecule has 0 aliphatic carbocycles.